The molecule has 0 aliphatic carbocycles. The van der Waals surface area contributed by atoms with Crippen molar-refractivity contribution in [2.45, 2.75) is 64.7 Å². The second-order valence-corrected chi connectivity index (χ2v) is 4.45. The number of hydrogen-bond donors (Lipinski definition) is 2. The van der Waals surface area contributed by atoms with E-state index in [-0.39, 0.29) is 12.1 Å². The quantitative estimate of drug-likeness (QED) is 0.637. The summed E-state index contributed by atoms with van der Waals surface area (Å²) in [4.78, 5) is 8.70. The molecule has 0 aliphatic heterocycles. The van der Waals surface area contributed by atoms with Gasteiger partial charge in [-0.15, -0.1) is 0 Å². The van der Waals surface area contributed by atoms with Gasteiger partial charge >= 0.3 is 0 Å². The number of rotatable bonds is 8. The molecule has 4 atom stereocenters. The topological polar surface area (TPSA) is 48.8 Å². The summed E-state index contributed by atoms with van der Waals surface area (Å²) in [5.41, 5.74) is 0. The summed E-state index contributed by atoms with van der Waals surface area (Å²) in [6, 6.07) is 4.09. The third kappa shape index (κ3) is 5.97. The third-order valence-corrected chi connectivity index (χ3v) is 3.31. The van der Waals surface area contributed by atoms with Gasteiger partial charge in [0, 0.05) is 12.1 Å². The average molecular weight is 240 g/mol. The SMILES string of the molecule is CCC(NC)C(C)N=C=NC(C)C(CC)NC. The van der Waals surface area contributed by atoms with Crippen molar-refractivity contribution in [1.29, 1.82) is 0 Å². The molecule has 17 heavy (non-hydrogen) atoms. The van der Waals surface area contributed by atoms with Crippen LogP contribution in [0.3, 0.4) is 0 Å². The first-order valence-corrected chi connectivity index (χ1v) is 6.59. The van der Waals surface area contributed by atoms with Crippen LogP contribution < -0.4 is 10.6 Å². The minimum Gasteiger partial charge on any atom is -0.315 e. The predicted octanol–water partition coefficient (Wildman–Crippen LogP) is 1.93. The van der Waals surface area contributed by atoms with Gasteiger partial charge in [-0.1, -0.05) is 13.8 Å². The minimum atomic E-state index is 0.218. The molecule has 0 amide bonds. The van der Waals surface area contributed by atoms with E-state index >= 15 is 0 Å². The fourth-order valence-corrected chi connectivity index (χ4v) is 1.97. The first-order chi connectivity index (χ1) is 8.10. The van der Waals surface area contributed by atoms with Gasteiger partial charge in [-0.2, -0.15) is 0 Å². The van der Waals surface area contributed by atoms with Crippen molar-refractivity contribution in [3.63, 3.8) is 0 Å². The maximum atomic E-state index is 4.35. The fraction of sp³-hybridized carbons (Fsp3) is 0.923. The highest BCUT2D eigenvalue weighted by Crippen LogP contribution is 2.03. The zero-order chi connectivity index (χ0) is 13.3. The smallest absolute Gasteiger partial charge is 0.0899 e. The molecule has 0 spiro atoms. The summed E-state index contributed by atoms with van der Waals surface area (Å²) < 4.78 is 0. The molecule has 0 saturated heterocycles. The van der Waals surface area contributed by atoms with E-state index in [0.29, 0.717) is 12.1 Å². The van der Waals surface area contributed by atoms with Crippen molar-refractivity contribution < 1.29 is 0 Å². The molecular weight excluding hydrogens is 212 g/mol. The fourth-order valence-electron chi connectivity index (χ4n) is 1.97. The number of nitrogens with zero attached hydrogens (tertiary/aromatic N) is 2. The van der Waals surface area contributed by atoms with Crippen molar-refractivity contribution in [2.24, 2.45) is 9.98 Å². The Labute approximate surface area is 106 Å². The van der Waals surface area contributed by atoms with E-state index in [1.54, 1.807) is 0 Å². The van der Waals surface area contributed by atoms with Crippen LogP contribution in [0, 0.1) is 0 Å². The molecule has 4 nitrogen and oxygen atoms in total. The van der Waals surface area contributed by atoms with Gasteiger partial charge in [0.1, 0.15) is 0 Å². The molecule has 0 aliphatic rings. The standard InChI is InChI=1S/C13H28N4/c1-7-12(14-5)10(3)16-9-17-11(4)13(8-2)15-6/h10-15H,7-8H2,1-6H3. The molecule has 4 heteroatoms. The molecule has 4 unspecified atom stereocenters. The van der Waals surface area contributed by atoms with Crippen molar-refractivity contribution >= 4 is 6.01 Å². The minimum absolute atomic E-state index is 0.218. The first-order valence-electron chi connectivity index (χ1n) is 6.59. The van der Waals surface area contributed by atoms with Gasteiger partial charge in [-0.05, 0) is 40.8 Å². The Bertz CT molecular complexity index is 216. The Morgan fingerprint density at radius 3 is 1.47 bits per heavy atom. The van der Waals surface area contributed by atoms with Gasteiger partial charge in [0.15, 0.2) is 0 Å². The van der Waals surface area contributed by atoms with Crippen LogP contribution in [0.4, 0.5) is 0 Å². The zero-order valence-corrected chi connectivity index (χ0v) is 12.1. The van der Waals surface area contributed by atoms with Crippen LogP contribution in [0.25, 0.3) is 0 Å². The zero-order valence-electron chi connectivity index (χ0n) is 12.1. The van der Waals surface area contributed by atoms with Crippen LogP contribution in [0.2, 0.25) is 0 Å². The van der Waals surface area contributed by atoms with E-state index < -0.39 is 0 Å². The van der Waals surface area contributed by atoms with Crippen LogP contribution in [-0.4, -0.2) is 44.3 Å². The van der Waals surface area contributed by atoms with Crippen molar-refractivity contribution in [3.05, 3.63) is 0 Å². The van der Waals surface area contributed by atoms with Crippen molar-refractivity contribution in [3.8, 4) is 0 Å². The van der Waals surface area contributed by atoms with E-state index in [1.165, 1.54) is 0 Å². The molecule has 0 bridgehead atoms. The third-order valence-electron chi connectivity index (χ3n) is 3.31. The van der Waals surface area contributed by atoms with E-state index in [9.17, 15) is 0 Å². The van der Waals surface area contributed by atoms with Crippen LogP contribution >= 0.6 is 0 Å². The maximum absolute atomic E-state index is 4.35. The summed E-state index contributed by atoms with van der Waals surface area (Å²) in [6.45, 7) is 8.49. The Hall–Kier alpha value is -0.700. The summed E-state index contributed by atoms with van der Waals surface area (Å²) in [6.07, 6.45) is 2.12. The Morgan fingerprint density at radius 2 is 1.24 bits per heavy atom. The number of likely N-dealkylation sites (N-methyl/N-ethyl adjacent to an activating group) is 2. The van der Waals surface area contributed by atoms with Crippen molar-refractivity contribution in [1.82, 2.24) is 10.6 Å². The molecular formula is C13H28N4. The monoisotopic (exact) mass is 240 g/mol. The second-order valence-electron chi connectivity index (χ2n) is 4.45. The molecule has 100 valence electrons. The lowest BCUT2D eigenvalue weighted by atomic mass is 10.1. The Kier molecular flexibility index (Phi) is 8.96. The van der Waals surface area contributed by atoms with E-state index in [4.69, 9.17) is 0 Å². The summed E-state index contributed by atoms with van der Waals surface area (Å²) in [5.74, 6) is 0. The number of aliphatic imine (C=N–C) groups is 2. The molecule has 0 heterocycles. The van der Waals surface area contributed by atoms with Crippen LogP contribution in [0.15, 0.2) is 9.98 Å². The number of nitrogens with one attached hydrogen (secondary N) is 2. The van der Waals surface area contributed by atoms with E-state index in [2.05, 4.69) is 54.3 Å². The molecule has 0 aromatic rings. The highest BCUT2D eigenvalue weighted by molar-refractivity contribution is 5.42. The molecule has 0 aromatic heterocycles. The molecule has 0 rings (SSSR count). The van der Waals surface area contributed by atoms with E-state index in [1.807, 2.05) is 14.1 Å². The number of hydrogen-bond acceptors (Lipinski definition) is 4. The Morgan fingerprint density at radius 1 is 0.882 bits per heavy atom. The summed E-state index contributed by atoms with van der Waals surface area (Å²) >= 11 is 0. The first kappa shape index (κ1) is 16.3. The van der Waals surface area contributed by atoms with Gasteiger partial charge in [-0.3, -0.25) is 0 Å². The lowest BCUT2D eigenvalue weighted by Crippen LogP contribution is -2.34. The van der Waals surface area contributed by atoms with Gasteiger partial charge in [-0.25, -0.2) is 9.98 Å². The van der Waals surface area contributed by atoms with Gasteiger partial charge in [0.25, 0.3) is 0 Å². The lowest BCUT2D eigenvalue weighted by Gasteiger charge is -2.18. The van der Waals surface area contributed by atoms with Gasteiger partial charge in [0.2, 0.25) is 0 Å². The lowest BCUT2D eigenvalue weighted by molar-refractivity contribution is 0.466. The molecule has 0 radical (unpaired) electrons. The largest absolute Gasteiger partial charge is 0.315 e. The Balaban J connectivity index is 4.39. The van der Waals surface area contributed by atoms with Gasteiger partial charge < -0.3 is 10.6 Å². The van der Waals surface area contributed by atoms with Gasteiger partial charge in [0.05, 0.1) is 18.1 Å². The predicted molar refractivity (Wildman–Crippen MR) is 75.1 cm³/mol. The van der Waals surface area contributed by atoms with E-state index in [0.717, 1.165) is 12.8 Å². The van der Waals surface area contributed by atoms with Crippen LogP contribution in [0.1, 0.15) is 40.5 Å². The molecule has 0 fully saturated rings. The van der Waals surface area contributed by atoms with Crippen LogP contribution in [-0.2, 0) is 0 Å². The average Bonchev–Trinajstić information content (AvgIpc) is 2.32. The normalized spacial score (nSPS) is 17.8. The molecule has 0 saturated carbocycles. The van der Waals surface area contributed by atoms with Crippen molar-refractivity contribution in [2.75, 3.05) is 14.1 Å². The maximum Gasteiger partial charge on any atom is 0.0899 e. The second kappa shape index (κ2) is 9.34. The molecule has 2 N–H and O–H groups in total. The summed E-state index contributed by atoms with van der Waals surface area (Å²) in [7, 11) is 3.93. The molecule has 0 aromatic carbocycles. The van der Waals surface area contributed by atoms with Crippen LogP contribution in [0.5, 0.6) is 0 Å². The summed E-state index contributed by atoms with van der Waals surface area (Å²) in [5, 5.41) is 6.49. The highest BCUT2D eigenvalue weighted by Gasteiger charge is 2.12. The highest BCUT2D eigenvalue weighted by atomic mass is 15.0.